The van der Waals surface area contributed by atoms with Crippen molar-refractivity contribution in [3.8, 4) is 28.4 Å². The summed E-state index contributed by atoms with van der Waals surface area (Å²) >= 11 is 0. The highest BCUT2D eigenvalue weighted by atomic mass is 19.4. The van der Waals surface area contributed by atoms with Crippen LogP contribution in [0.2, 0.25) is 0 Å². The molecule has 0 saturated carbocycles. The molecular formula is C28H19F4N7O. The van der Waals surface area contributed by atoms with E-state index in [9.17, 15) is 17.6 Å². The quantitative estimate of drug-likeness (QED) is 0.229. The van der Waals surface area contributed by atoms with Crippen LogP contribution in [-0.2, 0) is 13.2 Å². The van der Waals surface area contributed by atoms with Crippen LogP contribution < -0.4 is 10.1 Å². The largest absolute Gasteiger partial charge is 0.457 e. The number of fused-ring (bicyclic) bond motifs is 1. The predicted octanol–water partition coefficient (Wildman–Crippen LogP) is 6.91. The van der Waals surface area contributed by atoms with E-state index < -0.39 is 17.7 Å². The third-order valence-electron chi connectivity index (χ3n) is 6.19. The summed E-state index contributed by atoms with van der Waals surface area (Å²) in [7, 11) is 1.79. The lowest BCUT2D eigenvalue weighted by atomic mass is 10.1. The number of anilines is 2. The Kier molecular flexibility index (Phi) is 6.14. The zero-order valence-electron chi connectivity index (χ0n) is 20.8. The maximum atomic E-state index is 14.7. The summed E-state index contributed by atoms with van der Waals surface area (Å²) in [6.07, 6.45) is 1.90. The standard InChI is InChI=1S/C28H19F4N7O/c1-38-24-7-5-19(40-20-8-10-35-26(13-20)39-16-34-15-25(39)28(30,31)32)12-23(24)37-27(38)36-22-11-17(4-6-21(22)29)18-3-2-9-33-14-18/h2-16H,1H3,(H,36,37). The molecular weight excluding hydrogens is 526 g/mol. The van der Waals surface area contributed by atoms with Gasteiger partial charge >= 0.3 is 6.18 Å². The molecule has 6 rings (SSSR count). The van der Waals surface area contributed by atoms with Crippen LogP contribution in [-0.4, -0.2) is 29.1 Å². The highest BCUT2D eigenvalue weighted by Crippen LogP contribution is 2.33. The minimum absolute atomic E-state index is 0.00302. The Bertz CT molecular complexity index is 1830. The van der Waals surface area contributed by atoms with Crippen LogP contribution in [0.3, 0.4) is 0 Å². The summed E-state index contributed by atoms with van der Waals surface area (Å²) in [6, 6.07) is 16.5. The SMILES string of the molecule is Cn1c(Nc2cc(-c3cccnc3)ccc2F)nc2cc(Oc3ccnc(-n4cncc4C(F)(F)F)c3)ccc21. The van der Waals surface area contributed by atoms with Gasteiger partial charge in [-0.3, -0.25) is 9.55 Å². The molecule has 200 valence electrons. The first-order valence-corrected chi connectivity index (χ1v) is 11.9. The average molecular weight is 546 g/mol. The molecule has 0 fully saturated rings. The summed E-state index contributed by atoms with van der Waals surface area (Å²) < 4.78 is 63.1. The molecule has 4 heterocycles. The second-order valence-electron chi connectivity index (χ2n) is 8.80. The molecule has 4 aromatic heterocycles. The van der Waals surface area contributed by atoms with Gasteiger partial charge < -0.3 is 14.6 Å². The van der Waals surface area contributed by atoms with Crippen molar-refractivity contribution in [3.05, 3.63) is 103 Å². The fourth-order valence-electron chi connectivity index (χ4n) is 4.23. The van der Waals surface area contributed by atoms with E-state index in [0.29, 0.717) is 17.2 Å². The maximum Gasteiger partial charge on any atom is 0.433 e. The van der Waals surface area contributed by atoms with Gasteiger partial charge in [-0.05, 0) is 42.0 Å². The van der Waals surface area contributed by atoms with Gasteiger partial charge in [0.2, 0.25) is 5.95 Å². The normalized spacial score (nSPS) is 11.6. The molecule has 0 aliphatic heterocycles. The zero-order valence-corrected chi connectivity index (χ0v) is 20.8. The molecule has 1 N–H and O–H groups in total. The van der Waals surface area contributed by atoms with Gasteiger partial charge in [-0.25, -0.2) is 19.3 Å². The molecule has 12 heteroatoms. The highest BCUT2D eigenvalue weighted by Gasteiger charge is 2.35. The van der Waals surface area contributed by atoms with Crippen molar-refractivity contribution in [1.29, 1.82) is 0 Å². The minimum Gasteiger partial charge on any atom is -0.457 e. The Hall–Kier alpha value is -5.26. The van der Waals surface area contributed by atoms with Gasteiger partial charge in [-0.2, -0.15) is 13.2 Å². The number of aryl methyl sites for hydroxylation is 1. The van der Waals surface area contributed by atoms with E-state index in [2.05, 4.69) is 25.3 Å². The molecule has 40 heavy (non-hydrogen) atoms. The molecule has 0 aliphatic carbocycles. The Morgan fingerprint density at radius 2 is 1.73 bits per heavy atom. The number of ether oxygens (including phenoxy) is 1. The smallest absolute Gasteiger partial charge is 0.433 e. The number of rotatable bonds is 6. The van der Waals surface area contributed by atoms with Crippen molar-refractivity contribution in [3.63, 3.8) is 0 Å². The summed E-state index contributed by atoms with van der Waals surface area (Å²) in [5.74, 6) is 0.642. The van der Waals surface area contributed by atoms with Gasteiger partial charge in [0.05, 0.1) is 22.9 Å². The molecule has 0 unspecified atom stereocenters. The van der Waals surface area contributed by atoms with Crippen molar-refractivity contribution in [1.82, 2.24) is 29.1 Å². The lowest BCUT2D eigenvalue weighted by Crippen LogP contribution is -2.12. The topological polar surface area (TPSA) is 82.7 Å². The zero-order chi connectivity index (χ0) is 27.9. The Labute approximate surface area is 224 Å². The number of nitrogens with zero attached hydrogens (tertiary/aromatic N) is 6. The molecule has 8 nitrogen and oxygen atoms in total. The third-order valence-corrected chi connectivity index (χ3v) is 6.19. The Morgan fingerprint density at radius 1 is 0.875 bits per heavy atom. The first-order valence-electron chi connectivity index (χ1n) is 11.9. The van der Waals surface area contributed by atoms with Crippen LogP contribution in [0, 0.1) is 5.82 Å². The number of nitrogens with one attached hydrogen (secondary N) is 1. The van der Waals surface area contributed by atoms with E-state index in [0.717, 1.165) is 33.7 Å². The molecule has 0 bridgehead atoms. The van der Waals surface area contributed by atoms with Crippen LogP contribution in [0.4, 0.5) is 29.2 Å². The van der Waals surface area contributed by atoms with E-state index in [1.54, 1.807) is 60.4 Å². The molecule has 2 aromatic carbocycles. The highest BCUT2D eigenvalue weighted by molar-refractivity contribution is 5.81. The molecule has 0 spiro atoms. The number of halogens is 4. The maximum absolute atomic E-state index is 14.7. The van der Waals surface area contributed by atoms with Crippen molar-refractivity contribution in [2.75, 3.05) is 5.32 Å². The number of imidazole rings is 2. The molecule has 0 radical (unpaired) electrons. The summed E-state index contributed by atoms with van der Waals surface area (Å²) in [6.45, 7) is 0. The van der Waals surface area contributed by atoms with Gasteiger partial charge in [0.15, 0.2) is 0 Å². The molecule has 0 saturated heterocycles. The first kappa shape index (κ1) is 25.0. The Balaban J connectivity index is 1.27. The van der Waals surface area contributed by atoms with E-state index >= 15 is 0 Å². The number of alkyl halides is 3. The lowest BCUT2D eigenvalue weighted by molar-refractivity contribution is -0.142. The fourth-order valence-corrected chi connectivity index (χ4v) is 4.23. The average Bonchev–Trinajstić information content (AvgIpc) is 3.56. The monoisotopic (exact) mass is 545 g/mol. The van der Waals surface area contributed by atoms with Crippen LogP contribution in [0.5, 0.6) is 11.5 Å². The molecule has 0 amide bonds. The lowest BCUT2D eigenvalue weighted by Gasteiger charge is -2.11. The molecule has 0 atom stereocenters. The number of hydrogen-bond donors (Lipinski definition) is 1. The summed E-state index contributed by atoms with van der Waals surface area (Å²) in [5.41, 5.74) is 2.25. The van der Waals surface area contributed by atoms with E-state index in [1.165, 1.54) is 24.4 Å². The van der Waals surface area contributed by atoms with Gasteiger partial charge in [-0.15, -0.1) is 0 Å². The summed E-state index contributed by atoms with van der Waals surface area (Å²) in [4.78, 5) is 16.3. The fraction of sp³-hybridized carbons (Fsp3) is 0.0714. The van der Waals surface area contributed by atoms with Crippen molar-refractivity contribution in [2.24, 2.45) is 7.05 Å². The van der Waals surface area contributed by atoms with Crippen LogP contribution >= 0.6 is 0 Å². The van der Waals surface area contributed by atoms with Crippen LogP contribution in [0.15, 0.2) is 91.8 Å². The van der Waals surface area contributed by atoms with E-state index in [1.807, 2.05) is 6.07 Å². The van der Waals surface area contributed by atoms with Gasteiger partial charge in [0.25, 0.3) is 0 Å². The van der Waals surface area contributed by atoms with Gasteiger partial charge in [-0.1, -0.05) is 12.1 Å². The van der Waals surface area contributed by atoms with Gasteiger partial charge in [0, 0.05) is 43.3 Å². The molecule has 6 aromatic rings. The summed E-state index contributed by atoms with van der Waals surface area (Å²) in [5, 5.41) is 3.06. The van der Waals surface area contributed by atoms with E-state index in [-0.39, 0.29) is 17.3 Å². The second-order valence-corrected chi connectivity index (χ2v) is 8.80. The van der Waals surface area contributed by atoms with Crippen molar-refractivity contribution >= 4 is 22.7 Å². The second kappa shape index (κ2) is 9.80. The number of benzene rings is 2. The minimum atomic E-state index is -4.59. The predicted molar refractivity (Wildman–Crippen MR) is 140 cm³/mol. The molecule has 0 aliphatic rings. The van der Waals surface area contributed by atoms with E-state index in [4.69, 9.17) is 4.74 Å². The third kappa shape index (κ3) is 4.82. The van der Waals surface area contributed by atoms with Crippen molar-refractivity contribution in [2.45, 2.75) is 6.18 Å². The number of pyridine rings is 2. The van der Waals surface area contributed by atoms with Crippen LogP contribution in [0.25, 0.3) is 28.0 Å². The first-order chi connectivity index (χ1) is 19.3. The Morgan fingerprint density at radius 3 is 2.52 bits per heavy atom. The number of hydrogen-bond acceptors (Lipinski definition) is 6. The van der Waals surface area contributed by atoms with Gasteiger partial charge in [0.1, 0.15) is 35.2 Å². The van der Waals surface area contributed by atoms with Crippen LogP contribution in [0.1, 0.15) is 5.69 Å². The van der Waals surface area contributed by atoms with Crippen molar-refractivity contribution < 1.29 is 22.3 Å². The number of aromatic nitrogens is 6.